The molecule has 0 bridgehead atoms. The molecule has 0 aromatic heterocycles. The molecule has 4 rings (SSSR count). The van der Waals surface area contributed by atoms with Gasteiger partial charge in [0.25, 0.3) is 0 Å². The second-order valence-corrected chi connectivity index (χ2v) is 6.53. The lowest BCUT2D eigenvalue weighted by molar-refractivity contribution is 1.17. The van der Waals surface area contributed by atoms with Gasteiger partial charge in [0.15, 0.2) is 0 Å². The zero-order valence-electron chi connectivity index (χ0n) is 14.9. The molecule has 0 unspecified atom stereocenters. The van der Waals surface area contributed by atoms with Crippen LogP contribution in [0.2, 0.25) is 0 Å². The summed E-state index contributed by atoms with van der Waals surface area (Å²) in [6, 6.07) is 25.9. The van der Waals surface area contributed by atoms with Crippen LogP contribution in [0.5, 0.6) is 0 Å². The van der Waals surface area contributed by atoms with Crippen LogP contribution in [-0.2, 0) is 6.42 Å². The summed E-state index contributed by atoms with van der Waals surface area (Å²) in [7, 11) is 0. The van der Waals surface area contributed by atoms with Crippen molar-refractivity contribution < 1.29 is 0 Å². The molecule has 0 fully saturated rings. The zero-order chi connectivity index (χ0) is 17.8. The van der Waals surface area contributed by atoms with Crippen molar-refractivity contribution in [2.75, 3.05) is 0 Å². The van der Waals surface area contributed by atoms with Gasteiger partial charge in [-0.25, -0.2) is 0 Å². The first-order chi connectivity index (χ1) is 12.8. The van der Waals surface area contributed by atoms with E-state index >= 15 is 0 Å². The van der Waals surface area contributed by atoms with Crippen molar-refractivity contribution in [3.05, 3.63) is 125 Å². The van der Waals surface area contributed by atoms with E-state index in [1.165, 1.54) is 39.0 Å². The molecular formula is C26H20. The molecule has 124 valence electrons. The number of hydrogen-bond acceptors (Lipinski definition) is 0. The SMILES string of the molecule is Cc1cccc(Cc2ccccc2-c2ccccc2)c1C1=CC=C=C=C1. The van der Waals surface area contributed by atoms with Crippen molar-refractivity contribution >= 4 is 5.57 Å². The lowest BCUT2D eigenvalue weighted by Crippen LogP contribution is -1.99. The average Bonchev–Trinajstić information content (AvgIpc) is 2.70. The van der Waals surface area contributed by atoms with E-state index in [9.17, 15) is 0 Å². The Morgan fingerprint density at radius 2 is 1.50 bits per heavy atom. The highest BCUT2D eigenvalue weighted by Gasteiger charge is 2.12. The number of rotatable bonds is 4. The fraction of sp³-hybridized carbons (Fsp3) is 0.0769. The molecule has 0 saturated carbocycles. The van der Waals surface area contributed by atoms with Crippen molar-refractivity contribution in [1.82, 2.24) is 0 Å². The highest BCUT2D eigenvalue weighted by molar-refractivity contribution is 5.80. The number of aryl methyl sites for hydroxylation is 1. The third kappa shape index (κ3) is 3.25. The van der Waals surface area contributed by atoms with E-state index < -0.39 is 0 Å². The van der Waals surface area contributed by atoms with Gasteiger partial charge in [-0.3, -0.25) is 0 Å². The summed E-state index contributed by atoms with van der Waals surface area (Å²) < 4.78 is 0. The van der Waals surface area contributed by atoms with E-state index in [2.05, 4.69) is 97.3 Å². The van der Waals surface area contributed by atoms with Gasteiger partial charge in [0.2, 0.25) is 0 Å². The first-order valence-electron chi connectivity index (χ1n) is 8.93. The smallest absolute Gasteiger partial charge is 0.00134 e. The molecule has 0 saturated heterocycles. The quantitative estimate of drug-likeness (QED) is 0.477. The summed E-state index contributed by atoms with van der Waals surface area (Å²) in [5, 5.41) is 0. The van der Waals surface area contributed by atoms with Gasteiger partial charge in [-0.05, 0) is 70.5 Å². The molecule has 0 aliphatic heterocycles. The molecule has 3 aromatic rings. The van der Waals surface area contributed by atoms with Gasteiger partial charge < -0.3 is 0 Å². The first kappa shape index (κ1) is 16.2. The Balaban J connectivity index is 1.79. The fourth-order valence-corrected chi connectivity index (χ4v) is 3.57. The molecule has 0 atom stereocenters. The summed E-state index contributed by atoms with van der Waals surface area (Å²) in [5.74, 6) is 0. The van der Waals surface area contributed by atoms with Crippen LogP contribution in [0.4, 0.5) is 0 Å². The van der Waals surface area contributed by atoms with Crippen LogP contribution >= 0.6 is 0 Å². The third-order valence-electron chi connectivity index (χ3n) is 4.79. The Morgan fingerprint density at radius 1 is 0.731 bits per heavy atom. The highest BCUT2D eigenvalue weighted by atomic mass is 14.2. The van der Waals surface area contributed by atoms with Gasteiger partial charge in [0, 0.05) is 0 Å². The van der Waals surface area contributed by atoms with E-state index in [4.69, 9.17) is 0 Å². The maximum Gasteiger partial charge on any atom is -0.00134 e. The lowest BCUT2D eigenvalue weighted by atomic mass is 9.88. The van der Waals surface area contributed by atoms with Gasteiger partial charge in [-0.15, -0.1) is 0 Å². The molecule has 0 spiro atoms. The molecule has 3 aromatic carbocycles. The number of hydrogen-bond donors (Lipinski definition) is 0. The molecule has 0 heteroatoms. The largest absolute Gasteiger partial charge is 0.0702 e. The maximum atomic E-state index is 3.09. The summed E-state index contributed by atoms with van der Waals surface area (Å²) in [4.78, 5) is 0. The number of allylic oxidation sites excluding steroid dienone is 4. The molecule has 1 aliphatic carbocycles. The predicted octanol–water partition coefficient (Wildman–Crippen LogP) is 6.52. The molecule has 1 aliphatic rings. The van der Waals surface area contributed by atoms with Crippen molar-refractivity contribution in [3.8, 4) is 11.1 Å². The fourth-order valence-electron chi connectivity index (χ4n) is 3.57. The lowest BCUT2D eigenvalue weighted by Gasteiger charge is -2.16. The molecular weight excluding hydrogens is 312 g/mol. The molecule has 0 amide bonds. The van der Waals surface area contributed by atoms with Crippen molar-refractivity contribution in [2.45, 2.75) is 13.3 Å². The van der Waals surface area contributed by atoms with Crippen molar-refractivity contribution in [1.29, 1.82) is 0 Å². The normalized spacial score (nSPS) is 12.3. The minimum atomic E-state index is 0.903. The van der Waals surface area contributed by atoms with Crippen LogP contribution < -0.4 is 0 Å². The van der Waals surface area contributed by atoms with E-state index in [0.717, 1.165) is 6.42 Å². The molecule has 0 radical (unpaired) electrons. The maximum absolute atomic E-state index is 3.09. The van der Waals surface area contributed by atoms with Crippen LogP contribution in [0.25, 0.3) is 16.7 Å². The predicted molar refractivity (Wildman–Crippen MR) is 110 cm³/mol. The minimum Gasteiger partial charge on any atom is -0.0702 e. The van der Waals surface area contributed by atoms with E-state index in [1.54, 1.807) is 0 Å². The standard InChI is InChI=1S/C26H20/c1-20-11-10-17-24(26(20)22-14-6-3-7-15-22)19-23-16-8-9-18-25(23)21-12-4-2-5-13-21/h2,4-6,8-18H,19H2,1H3. The van der Waals surface area contributed by atoms with E-state index in [0.29, 0.717) is 0 Å². The third-order valence-corrected chi connectivity index (χ3v) is 4.79. The molecule has 0 heterocycles. The van der Waals surface area contributed by atoms with Gasteiger partial charge >= 0.3 is 0 Å². The van der Waals surface area contributed by atoms with Gasteiger partial charge in [0.1, 0.15) is 0 Å². The van der Waals surface area contributed by atoms with E-state index in [-0.39, 0.29) is 0 Å². The van der Waals surface area contributed by atoms with Gasteiger partial charge in [-0.2, -0.15) is 0 Å². The average molecular weight is 332 g/mol. The second kappa shape index (κ2) is 7.30. The Hall–Kier alpha value is -3.30. The minimum absolute atomic E-state index is 0.903. The van der Waals surface area contributed by atoms with Crippen molar-refractivity contribution in [3.63, 3.8) is 0 Å². The Labute approximate surface area is 155 Å². The summed E-state index contributed by atoms with van der Waals surface area (Å²) in [6.45, 7) is 2.18. The van der Waals surface area contributed by atoms with Crippen molar-refractivity contribution in [2.24, 2.45) is 0 Å². The summed E-state index contributed by atoms with van der Waals surface area (Å²) in [6.07, 6.45) is 6.98. The Bertz CT molecular complexity index is 1070. The molecule has 0 N–H and O–H groups in total. The van der Waals surface area contributed by atoms with Crippen LogP contribution in [0.3, 0.4) is 0 Å². The topological polar surface area (TPSA) is 0 Å². The van der Waals surface area contributed by atoms with E-state index in [1.807, 2.05) is 12.2 Å². The number of benzene rings is 3. The Kier molecular flexibility index (Phi) is 4.54. The second-order valence-electron chi connectivity index (χ2n) is 6.53. The van der Waals surface area contributed by atoms with Gasteiger partial charge in [0.05, 0.1) is 0 Å². The van der Waals surface area contributed by atoms with Crippen LogP contribution in [0.15, 0.2) is 102 Å². The Morgan fingerprint density at radius 3 is 2.31 bits per heavy atom. The van der Waals surface area contributed by atoms with Crippen LogP contribution in [-0.4, -0.2) is 0 Å². The van der Waals surface area contributed by atoms with Gasteiger partial charge in [-0.1, -0.05) is 84.3 Å². The monoisotopic (exact) mass is 332 g/mol. The first-order valence-corrected chi connectivity index (χ1v) is 8.93. The molecule has 0 nitrogen and oxygen atoms in total. The van der Waals surface area contributed by atoms with Crippen LogP contribution in [0.1, 0.15) is 22.3 Å². The summed E-state index contributed by atoms with van der Waals surface area (Å²) in [5.41, 5.74) is 15.1. The van der Waals surface area contributed by atoms with Crippen LogP contribution in [0, 0.1) is 6.92 Å². The zero-order valence-corrected chi connectivity index (χ0v) is 14.9. The highest BCUT2D eigenvalue weighted by Crippen LogP contribution is 2.30. The molecule has 26 heavy (non-hydrogen) atoms. The summed E-state index contributed by atoms with van der Waals surface area (Å²) >= 11 is 0.